The summed E-state index contributed by atoms with van der Waals surface area (Å²) >= 11 is 1.70. The lowest BCUT2D eigenvalue weighted by Gasteiger charge is -2.23. The van der Waals surface area contributed by atoms with Crippen LogP contribution in [0, 0.1) is 0 Å². The van der Waals surface area contributed by atoms with E-state index in [1.54, 1.807) is 17.5 Å². The molecule has 2 amide bonds. The van der Waals surface area contributed by atoms with Crippen LogP contribution in [-0.4, -0.2) is 41.4 Å². The number of anilines is 1. The summed E-state index contributed by atoms with van der Waals surface area (Å²) in [6, 6.07) is 13.8. The number of amides is 2. The Balaban J connectivity index is 1.56. The summed E-state index contributed by atoms with van der Waals surface area (Å²) in [6.45, 7) is 1.22. The van der Waals surface area contributed by atoms with Gasteiger partial charge in [0.05, 0.1) is 12.6 Å². The minimum atomic E-state index is -0.204. The van der Waals surface area contributed by atoms with Gasteiger partial charge in [0.15, 0.2) is 0 Å². The van der Waals surface area contributed by atoms with Gasteiger partial charge in [-0.1, -0.05) is 18.2 Å². The Kier molecular flexibility index (Phi) is 6.04. The molecule has 0 aliphatic heterocycles. The van der Waals surface area contributed by atoms with Crippen molar-refractivity contribution in [3.8, 4) is 0 Å². The third kappa shape index (κ3) is 4.93. The van der Waals surface area contributed by atoms with Crippen LogP contribution in [-0.2, 0) is 6.54 Å². The topological polar surface area (TPSA) is 62.2 Å². The maximum Gasteiger partial charge on any atom is 0.319 e. The zero-order valence-corrected chi connectivity index (χ0v) is 15.7. The molecule has 6 nitrogen and oxygen atoms in total. The molecule has 2 N–H and O–H groups in total. The number of carbonyl (C=O) groups excluding carboxylic acids is 1. The van der Waals surface area contributed by atoms with Crippen molar-refractivity contribution >= 4 is 23.1 Å². The summed E-state index contributed by atoms with van der Waals surface area (Å²) in [6.07, 6.45) is 3.67. The summed E-state index contributed by atoms with van der Waals surface area (Å²) in [5.41, 5.74) is 1.85. The first-order valence-electron chi connectivity index (χ1n) is 8.43. The van der Waals surface area contributed by atoms with Crippen molar-refractivity contribution in [1.82, 2.24) is 20.0 Å². The highest BCUT2D eigenvalue weighted by atomic mass is 32.1. The second-order valence-electron chi connectivity index (χ2n) is 6.23. The molecule has 3 aromatic rings. The van der Waals surface area contributed by atoms with Crippen molar-refractivity contribution < 1.29 is 4.79 Å². The van der Waals surface area contributed by atoms with Crippen LogP contribution < -0.4 is 10.6 Å². The van der Waals surface area contributed by atoms with Crippen LogP contribution >= 0.6 is 11.3 Å². The third-order valence-electron chi connectivity index (χ3n) is 4.04. The van der Waals surface area contributed by atoms with Gasteiger partial charge in [0.2, 0.25) is 0 Å². The van der Waals surface area contributed by atoms with Gasteiger partial charge in [-0.25, -0.2) is 4.79 Å². The summed E-state index contributed by atoms with van der Waals surface area (Å²) in [7, 11) is 4.03. The van der Waals surface area contributed by atoms with E-state index in [0.717, 1.165) is 11.3 Å². The minimum absolute atomic E-state index is 0.159. The van der Waals surface area contributed by atoms with Crippen LogP contribution in [0.25, 0.3) is 0 Å². The first-order valence-corrected chi connectivity index (χ1v) is 9.31. The van der Waals surface area contributed by atoms with Crippen molar-refractivity contribution in [3.63, 3.8) is 0 Å². The molecule has 3 rings (SSSR count). The number of benzene rings is 1. The Labute approximate surface area is 157 Å². The van der Waals surface area contributed by atoms with Gasteiger partial charge in [-0.3, -0.25) is 4.68 Å². The Hall–Kier alpha value is -2.64. The second kappa shape index (κ2) is 8.64. The van der Waals surface area contributed by atoms with Crippen molar-refractivity contribution in [2.75, 3.05) is 26.0 Å². The summed E-state index contributed by atoms with van der Waals surface area (Å²) in [5.74, 6) is 0. The second-order valence-corrected chi connectivity index (χ2v) is 7.21. The lowest BCUT2D eigenvalue weighted by atomic mass is 10.2. The molecule has 7 heteroatoms. The molecular formula is C19H23N5OS. The number of urea groups is 1. The molecule has 0 aliphatic carbocycles. The number of hydrogen-bond donors (Lipinski definition) is 2. The fourth-order valence-corrected chi connectivity index (χ4v) is 3.63. The molecule has 2 aromatic heterocycles. The predicted octanol–water partition coefficient (Wildman–Crippen LogP) is 3.42. The number of hydrogen-bond acceptors (Lipinski definition) is 4. The summed E-state index contributed by atoms with van der Waals surface area (Å²) in [4.78, 5) is 15.6. The van der Waals surface area contributed by atoms with Gasteiger partial charge in [0, 0.05) is 29.5 Å². The molecule has 1 aromatic carbocycles. The van der Waals surface area contributed by atoms with Crippen LogP contribution in [0.5, 0.6) is 0 Å². The quantitative estimate of drug-likeness (QED) is 0.671. The monoisotopic (exact) mass is 369 g/mol. The maximum absolute atomic E-state index is 12.3. The highest BCUT2D eigenvalue weighted by Crippen LogP contribution is 2.22. The normalized spacial score (nSPS) is 12.1. The molecule has 1 atom stereocenters. The van der Waals surface area contributed by atoms with E-state index in [9.17, 15) is 4.79 Å². The van der Waals surface area contributed by atoms with Gasteiger partial charge in [-0.15, -0.1) is 11.3 Å². The first kappa shape index (κ1) is 18.2. The smallest absolute Gasteiger partial charge is 0.319 e. The predicted molar refractivity (Wildman–Crippen MR) is 106 cm³/mol. The molecular weight excluding hydrogens is 346 g/mol. The summed E-state index contributed by atoms with van der Waals surface area (Å²) in [5, 5.41) is 12.1. The highest BCUT2D eigenvalue weighted by molar-refractivity contribution is 7.10. The molecule has 0 saturated carbocycles. The zero-order chi connectivity index (χ0) is 18.4. The number of thiophene rings is 1. The van der Waals surface area contributed by atoms with Gasteiger partial charge >= 0.3 is 6.03 Å². The number of nitrogens with zero attached hydrogens (tertiary/aromatic N) is 3. The van der Waals surface area contributed by atoms with Gasteiger partial charge in [-0.2, -0.15) is 5.10 Å². The lowest BCUT2D eigenvalue weighted by Crippen LogP contribution is -2.36. The van der Waals surface area contributed by atoms with E-state index in [2.05, 4.69) is 32.1 Å². The molecule has 0 bridgehead atoms. The van der Waals surface area contributed by atoms with Gasteiger partial charge < -0.3 is 15.5 Å². The Morgan fingerprint density at radius 1 is 1.27 bits per heavy atom. The van der Waals surface area contributed by atoms with E-state index >= 15 is 0 Å². The number of likely N-dealkylation sites (N-methyl/N-ethyl adjacent to an activating group) is 1. The van der Waals surface area contributed by atoms with Crippen LogP contribution in [0.2, 0.25) is 0 Å². The number of aromatic nitrogens is 2. The minimum Gasteiger partial charge on any atom is -0.336 e. The molecule has 0 fully saturated rings. The molecule has 0 spiro atoms. The fourth-order valence-electron chi connectivity index (χ4n) is 2.71. The Bertz CT molecular complexity index is 814. The van der Waals surface area contributed by atoms with Gasteiger partial charge in [-0.05, 0) is 49.3 Å². The zero-order valence-electron chi connectivity index (χ0n) is 14.9. The number of nitrogens with one attached hydrogen (secondary N) is 2. The standard InChI is InChI=1S/C19H23N5OS/c1-23(2)17(18-8-4-11-26-18)13-20-19(25)22-16-7-3-6-15(12-16)14-24-10-5-9-21-24/h3-12,17H,13-14H2,1-2H3,(H2,20,22,25)/t17-/m1/s1. The van der Waals surface area contributed by atoms with E-state index in [4.69, 9.17) is 0 Å². The molecule has 2 heterocycles. The first-order chi connectivity index (χ1) is 12.6. The van der Waals surface area contributed by atoms with E-state index in [-0.39, 0.29) is 12.1 Å². The molecule has 0 saturated heterocycles. The average Bonchev–Trinajstić information content (AvgIpc) is 3.29. The molecule has 136 valence electrons. The van der Waals surface area contributed by atoms with Gasteiger partial charge in [0.1, 0.15) is 0 Å². The lowest BCUT2D eigenvalue weighted by molar-refractivity contribution is 0.244. The Morgan fingerprint density at radius 3 is 2.85 bits per heavy atom. The molecule has 0 unspecified atom stereocenters. The van der Waals surface area contributed by atoms with Gasteiger partial charge in [0.25, 0.3) is 0 Å². The Morgan fingerprint density at radius 2 is 2.15 bits per heavy atom. The van der Waals surface area contributed by atoms with Crippen LogP contribution in [0.4, 0.5) is 10.5 Å². The van der Waals surface area contributed by atoms with E-state index in [1.807, 2.05) is 61.4 Å². The van der Waals surface area contributed by atoms with E-state index in [0.29, 0.717) is 13.1 Å². The number of carbonyl (C=O) groups is 1. The molecule has 0 radical (unpaired) electrons. The summed E-state index contributed by atoms with van der Waals surface area (Å²) < 4.78 is 1.85. The van der Waals surface area contributed by atoms with Crippen molar-refractivity contribution in [2.24, 2.45) is 0 Å². The fraction of sp³-hybridized carbons (Fsp3) is 0.263. The van der Waals surface area contributed by atoms with E-state index in [1.165, 1.54) is 4.88 Å². The molecule has 26 heavy (non-hydrogen) atoms. The van der Waals surface area contributed by atoms with Crippen molar-refractivity contribution in [1.29, 1.82) is 0 Å². The molecule has 0 aliphatic rings. The van der Waals surface area contributed by atoms with Crippen LogP contribution in [0.3, 0.4) is 0 Å². The van der Waals surface area contributed by atoms with Crippen molar-refractivity contribution in [3.05, 3.63) is 70.7 Å². The third-order valence-corrected chi connectivity index (χ3v) is 5.01. The SMILES string of the molecule is CN(C)[C@H](CNC(=O)Nc1cccc(Cn2cccn2)c1)c1cccs1. The average molecular weight is 369 g/mol. The van der Waals surface area contributed by atoms with Crippen molar-refractivity contribution in [2.45, 2.75) is 12.6 Å². The highest BCUT2D eigenvalue weighted by Gasteiger charge is 2.16. The maximum atomic E-state index is 12.3. The van der Waals surface area contributed by atoms with Crippen LogP contribution in [0.1, 0.15) is 16.5 Å². The largest absolute Gasteiger partial charge is 0.336 e. The van der Waals surface area contributed by atoms with Crippen LogP contribution in [0.15, 0.2) is 60.2 Å². The van der Waals surface area contributed by atoms with E-state index < -0.39 is 0 Å². The number of rotatable bonds is 7.